The number of carbonyl (C=O) groups is 1. The number of methoxy groups -OCH3 is 1. The number of benzene rings is 3. The molecular formula is C23H22ClN3O4S. The van der Waals surface area contributed by atoms with Crippen LogP contribution in [0.25, 0.3) is 0 Å². The van der Waals surface area contributed by atoms with E-state index in [1.165, 1.54) is 25.5 Å². The quantitative estimate of drug-likeness (QED) is 0.397. The van der Waals surface area contributed by atoms with Crippen LogP contribution in [0.3, 0.4) is 0 Å². The number of rotatable bonds is 8. The smallest absolute Gasteiger partial charge is 0.264 e. The first kappa shape index (κ1) is 23.3. The third kappa shape index (κ3) is 5.66. The predicted octanol–water partition coefficient (Wildman–Crippen LogP) is 4.00. The number of nitrogens with one attached hydrogen (secondary N) is 1. The molecule has 0 aromatic heterocycles. The first-order valence-electron chi connectivity index (χ1n) is 9.61. The molecule has 0 saturated heterocycles. The van der Waals surface area contributed by atoms with Crippen LogP contribution in [0, 0.1) is 6.92 Å². The maximum absolute atomic E-state index is 13.4. The average molecular weight is 472 g/mol. The molecule has 7 nitrogen and oxygen atoms in total. The van der Waals surface area contributed by atoms with Crippen molar-refractivity contribution < 1.29 is 17.9 Å². The van der Waals surface area contributed by atoms with E-state index in [4.69, 9.17) is 16.3 Å². The van der Waals surface area contributed by atoms with E-state index < -0.39 is 22.5 Å². The van der Waals surface area contributed by atoms with Crippen LogP contribution in [0.1, 0.15) is 11.1 Å². The Hall–Kier alpha value is -3.36. The molecule has 3 rings (SSSR count). The lowest BCUT2D eigenvalue weighted by atomic mass is 10.2. The number of nitrogens with zero attached hydrogens (tertiary/aromatic N) is 2. The summed E-state index contributed by atoms with van der Waals surface area (Å²) in [4.78, 5) is 12.7. The SMILES string of the molecule is COc1ccccc1N(CC(=O)N/N=C\c1ccc(Cl)cc1)S(=O)(=O)c1ccc(C)cc1. The third-order valence-electron chi connectivity index (χ3n) is 4.52. The van der Waals surface area contributed by atoms with E-state index in [0.717, 1.165) is 15.4 Å². The first-order chi connectivity index (χ1) is 15.3. The number of sulfonamides is 1. The summed E-state index contributed by atoms with van der Waals surface area (Å²) in [6, 6.07) is 19.9. The van der Waals surface area contributed by atoms with Gasteiger partial charge < -0.3 is 4.74 Å². The molecule has 0 bridgehead atoms. The Kier molecular flexibility index (Phi) is 7.50. The van der Waals surface area contributed by atoms with Gasteiger partial charge >= 0.3 is 0 Å². The Labute approximate surface area is 192 Å². The molecule has 1 amide bonds. The molecule has 0 spiro atoms. The topological polar surface area (TPSA) is 88.1 Å². The Morgan fingerprint density at radius 1 is 1.06 bits per heavy atom. The average Bonchev–Trinajstić information content (AvgIpc) is 2.79. The zero-order chi connectivity index (χ0) is 23.1. The van der Waals surface area contributed by atoms with Gasteiger partial charge in [0.15, 0.2) is 0 Å². The maximum atomic E-state index is 13.4. The van der Waals surface area contributed by atoms with E-state index in [2.05, 4.69) is 10.5 Å². The summed E-state index contributed by atoms with van der Waals surface area (Å²) in [5.74, 6) is -0.294. The summed E-state index contributed by atoms with van der Waals surface area (Å²) in [6.07, 6.45) is 1.44. The van der Waals surface area contributed by atoms with E-state index in [-0.39, 0.29) is 10.6 Å². The minimum absolute atomic E-state index is 0.0615. The Morgan fingerprint density at radius 3 is 2.38 bits per heavy atom. The van der Waals surface area contributed by atoms with Gasteiger partial charge in [0.05, 0.1) is 23.9 Å². The number of aryl methyl sites for hydroxylation is 1. The van der Waals surface area contributed by atoms with Gasteiger partial charge in [-0.3, -0.25) is 9.10 Å². The molecule has 0 atom stereocenters. The number of ether oxygens (including phenoxy) is 1. The number of para-hydroxylation sites is 2. The fourth-order valence-corrected chi connectivity index (χ4v) is 4.42. The number of amides is 1. The normalized spacial score (nSPS) is 11.3. The lowest BCUT2D eigenvalue weighted by molar-refractivity contribution is -0.119. The van der Waals surface area contributed by atoms with Gasteiger partial charge in [0.25, 0.3) is 15.9 Å². The highest BCUT2D eigenvalue weighted by molar-refractivity contribution is 7.92. The highest BCUT2D eigenvalue weighted by atomic mass is 35.5. The molecule has 1 N–H and O–H groups in total. The highest BCUT2D eigenvalue weighted by Crippen LogP contribution is 2.32. The summed E-state index contributed by atoms with van der Waals surface area (Å²) < 4.78 is 33.2. The van der Waals surface area contributed by atoms with Crippen LogP contribution in [0.5, 0.6) is 5.75 Å². The predicted molar refractivity (Wildman–Crippen MR) is 126 cm³/mol. The number of hydrazone groups is 1. The van der Waals surface area contributed by atoms with Crippen LogP contribution in [0.15, 0.2) is 82.8 Å². The second-order valence-electron chi connectivity index (χ2n) is 6.84. The van der Waals surface area contributed by atoms with Gasteiger partial charge in [-0.25, -0.2) is 13.8 Å². The molecule has 9 heteroatoms. The van der Waals surface area contributed by atoms with Crippen LogP contribution in [-0.4, -0.2) is 34.2 Å². The number of halogens is 1. The van der Waals surface area contributed by atoms with Crippen molar-refractivity contribution in [3.05, 3.63) is 88.9 Å². The molecule has 166 valence electrons. The van der Waals surface area contributed by atoms with Crippen molar-refractivity contribution in [3.63, 3.8) is 0 Å². The summed E-state index contributed by atoms with van der Waals surface area (Å²) in [6.45, 7) is 1.37. The molecule has 0 radical (unpaired) electrons. The molecule has 0 fully saturated rings. The minimum atomic E-state index is -4.05. The summed E-state index contributed by atoms with van der Waals surface area (Å²) in [5, 5.41) is 4.49. The molecule has 0 saturated carbocycles. The fourth-order valence-electron chi connectivity index (χ4n) is 2.87. The van der Waals surface area contributed by atoms with Crippen molar-refractivity contribution in [2.75, 3.05) is 18.0 Å². The van der Waals surface area contributed by atoms with Gasteiger partial charge in [0, 0.05) is 5.02 Å². The summed E-state index contributed by atoms with van der Waals surface area (Å²) in [5.41, 5.74) is 4.25. The van der Waals surface area contributed by atoms with E-state index in [1.54, 1.807) is 60.7 Å². The molecule has 3 aromatic rings. The molecule has 0 unspecified atom stereocenters. The van der Waals surface area contributed by atoms with Gasteiger partial charge in [0.1, 0.15) is 12.3 Å². The van der Waals surface area contributed by atoms with Crippen molar-refractivity contribution in [1.29, 1.82) is 0 Å². The van der Waals surface area contributed by atoms with Crippen LogP contribution >= 0.6 is 11.6 Å². The Balaban J connectivity index is 1.88. The van der Waals surface area contributed by atoms with Crippen LogP contribution < -0.4 is 14.5 Å². The number of anilines is 1. The molecule has 0 heterocycles. The lowest BCUT2D eigenvalue weighted by Crippen LogP contribution is -2.39. The summed E-state index contributed by atoms with van der Waals surface area (Å²) in [7, 11) is -2.62. The van der Waals surface area contributed by atoms with Crippen molar-refractivity contribution in [2.45, 2.75) is 11.8 Å². The van der Waals surface area contributed by atoms with E-state index in [1.807, 2.05) is 6.92 Å². The number of hydrogen-bond acceptors (Lipinski definition) is 5. The Morgan fingerprint density at radius 2 is 1.72 bits per heavy atom. The van der Waals surface area contributed by atoms with Gasteiger partial charge in [-0.15, -0.1) is 0 Å². The first-order valence-corrected chi connectivity index (χ1v) is 11.4. The molecule has 32 heavy (non-hydrogen) atoms. The molecular weight excluding hydrogens is 450 g/mol. The van der Waals surface area contributed by atoms with Crippen molar-refractivity contribution in [3.8, 4) is 5.75 Å². The second-order valence-corrected chi connectivity index (χ2v) is 9.14. The number of carbonyl (C=O) groups excluding carboxylic acids is 1. The van der Waals surface area contributed by atoms with E-state index in [9.17, 15) is 13.2 Å². The van der Waals surface area contributed by atoms with Crippen LogP contribution in [-0.2, 0) is 14.8 Å². The van der Waals surface area contributed by atoms with Gasteiger partial charge in [0.2, 0.25) is 0 Å². The van der Waals surface area contributed by atoms with Crippen molar-refractivity contribution in [1.82, 2.24) is 5.43 Å². The van der Waals surface area contributed by atoms with Gasteiger partial charge in [-0.1, -0.05) is 53.6 Å². The zero-order valence-corrected chi connectivity index (χ0v) is 19.1. The van der Waals surface area contributed by atoms with E-state index >= 15 is 0 Å². The molecule has 3 aromatic carbocycles. The monoisotopic (exact) mass is 471 g/mol. The standard InChI is InChI=1S/C23H22ClN3O4S/c1-17-7-13-20(14-8-17)32(29,30)27(21-5-3-4-6-22(21)31-2)16-23(28)26-25-15-18-9-11-19(24)12-10-18/h3-15H,16H2,1-2H3,(H,26,28)/b25-15-. The minimum Gasteiger partial charge on any atom is -0.495 e. The van der Waals surface area contributed by atoms with Gasteiger partial charge in [-0.2, -0.15) is 5.10 Å². The summed E-state index contributed by atoms with van der Waals surface area (Å²) >= 11 is 5.85. The van der Waals surface area contributed by atoms with Crippen LogP contribution in [0.2, 0.25) is 5.02 Å². The lowest BCUT2D eigenvalue weighted by Gasteiger charge is -2.25. The molecule has 0 aliphatic heterocycles. The Bertz CT molecular complexity index is 1210. The van der Waals surface area contributed by atoms with Crippen molar-refractivity contribution in [2.24, 2.45) is 5.10 Å². The zero-order valence-electron chi connectivity index (χ0n) is 17.5. The fraction of sp³-hybridized carbons (Fsp3) is 0.130. The van der Waals surface area contributed by atoms with E-state index in [0.29, 0.717) is 10.8 Å². The molecule has 0 aliphatic carbocycles. The highest BCUT2D eigenvalue weighted by Gasteiger charge is 2.29. The largest absolute Gasteiger partial charge is 0.495 e. The van der Waals surface area contributed by atoms with Gasteiger partial charge in [-0.05, 0) is 48.9 Å². The second kappa shape index (κ2) is 10.3. The number of hydrogen-bond donors (Lipinski definition) is 1. The molecule has 0 aliphatic rings. The van der Waals surface area contributed by atoms with Crippen LogP contribution in [0.4, 0.5) is 5.69 Å². The van der Waals surface area contributed by atoms with Crippen molar-refractivity contribution >= 4 is 39.4 Å². The third-order valence-corrected chi connectivity index (χ3v) is 6.55. The maximum Gasteiger partial charge on any atom is 0.264 e.